The minimum Gasteiger partial charge on any atom is -0.461 e. The first-order valence-corrected chi connectivity index (χ1v) is 10.8. The second-order valence-corrected chi connectivity index (χ2v) is 8.86. The Bertz CT molecular complexity index is 1010. The highest BCUT2D eigenvalue weighted by Crippen LogP contribution is 2.43. The van der Waals surface area contributed by atoms with E-state index in [1.165, 1.54) is 7.05 Å². The molecule has 9 heteroatoms. The fraction of sp³-hybridized carbons (Fsp3) is 0.421. The van der Waals surface area contributed by atoms with Gasteiger partial charge in [0.2, 0.25) is 15.7 Å². The normalized spacial score (nSPS) is 14.3. The maximum absolute atomic E-state index is 13.4. The molecule has 3 rings (SSSR count). The van der Waals surface area contributed by atoms with Crippen molar-refractivity contribution in [2.24, 2.45) is 0 Å². The van der Waals surface area contributed by atoms with Crippen molar-refractivity contribution in [1.82, 2.24) is 9.46 Å². The van der Waals surface area contributed by atoms with Crippen LogP contribution in [-0.4, -0.2) is 49.5 Å². The summed E-state index contributed by atoms with van der Waals surface area (Å²) in [6, 6.07) is 6.70. The molecule has 0 amide bonds. The molecule has 0 unspecified atom stereocenters. The fourth-order valence-electron chi connectivity index (χ4n) is 2.86. The summed E-state index contributed by atoms with van der Waals surface area (Å²) in [5.74, 6) is -0.698. The third-order valence-corrected chi connectivity index (χ3v) is 5.85. The van der Waals surface area contributed by atoms with Crippen molar-refractivity contribution < 1.29 is 27.3 Å². The number of nitrogens with zero attached hydrogens (tertiary/aromatic N) is 2. The van der Waals surface area contributed by atoms with Gasteiger partial charge in [0, 0.05) is 25.1 Å². The minimum atomic E-state index is -3.42. The van der Waals surface area contributed by atoms with Gasteiger partial charge in [0.15, 0.2) is 11.5 Å². The maximum atomic E-state index is 13.4. The molecule has 1 saturated carbocycles. The lowest BCUT2D eigenvalue weighted by molar-refractivity contribution is 0.0512. The largest absolute Gasteiger partial charge is 0.461 e. The number of aromatic nitrogens is 1. The van der Waals surface area contributed by atoms with Gasteiger partial charge < -0.3 is 9.26 Å². The van der Waals surface area contributed by atoms with E-state index in [9.17, 15) is 18.0 Å². The summed E-state index contributed by atoms with van der Waals surface area (Å²) in [6.45, 7) is 1.84. The van der Waals surface area contributed by atoms with Gasteiger partial charge in [-0.05, 0) is 25.3 Å². The first-order valence-electron chi connectivity index (χ1n) is 8.94. The maximum Gasteiger partial charge on any atom is 0.361 e. The molecule has 8 nitrogen and oxygen atoms in total. The summed E-state index contributed by atoms with van der Waals surface area (Å²) < 4.78 is 35.0. The van der Waals surface area contributed by atoms with Crippen molar-refractivity contribution in [1.29, 1.82) is 0 Å². The molecule has 0 aliphatic heterocycles. The van der Waals surface area contributed by atoms with Crippen LogP contribution in [0, 0.1) is 0 Å². The zero-order chi connectivity index (χ0) is 20.5. The van der Waals surface area contributed by atoms with Gasteiger partial charge in [-0.2, -0.15) is 0 Å². The van der Waals surface area contributed by atoms with Crippen LogP contribution >= 0.6 is 0 Å². The molecule has 0 spiro atoms. The minimum absolute atomic E-state index is 0.0273. The molecule has 150 valence electrons. The first kappa shape index (κ1) is 20.2. The van der Waals surface area contributed by atoms with Gasteiger partial charge in [0.1, 0.15) is 5.56 Å². The number of rotatable bonds is 8. The third kappa shape index (κ3) is 4.15. The molecule has 0 saturated heterocycles. The van der Waals surface area contributed by atoms with Crippen LogP contribution in [0.4, 0.5) is 0 Å². The molecule has 1 aliphatic rings. The van der Waals surface area contributed by atoms with Gasteiger partial charge >= 0.3 is 5.97 Å². The summed E-state index contributed by atoms with van der Waals surface area (Å²) in [5, 5.41) is 3.80. The average Bonchev–Trinajstić information content (AvgIpc) is 3.39. The number of carbonyl (C=O) groups excluding carboxylic acids is 2. The zero-order valence-corrected chi connectivity index (χ0v) is 16.8. The second kappa shape index (κ2) is 7.84. The molecular weight excluding hydrogens is 384 g/mol. The molecule has 1 aromatic heterocycles. The van der Waals surface area contributed by atoms with Crippen molar-refractivity contribution in [2.75, 3.05) is 19.9 Å². The van der Waals surface area contributed by atoms with Crippen LogP contribution in [0.3, 0.4) is 0 Å². The Morgan fingerprint density at radius 2 is 1.96 bits per heavy atom. The van der Waals surface area contributed by atoms with E-state index in [2.05, 4.69) is 5.16 Å². The van der Waals surface area contributed by atoms with E-state index >= 15 is 0 Å². The molecule has 0 radical (unpaired) electrons. The Balaban J connectivity index is 2.03. The molecule has 1 aliphatic carbocycles. The van der Waals surface area contributed by atoms with Gasteiger partial charge in [-0.1, -0.05) is 29.4 Å². The summed E-state index contributed by atoms with van der Waals surface area (Å²) in [6.07, 6.45) is 2.81. The SMILES string of the molecule is CCOC(=O)c1noc(C2CC2)c1C(=O)c1ccccc1CN(C)S(C)(=O)=O. The second-order valence-electron chi connectivity index (χ2n) is 6.77. The highest BCUT2D eigenvalue weighted by atomic mass is 32.2. The fourth-order valence-corrected chi connectivity index (χ4v) is 3.23. The van der Waals surface area contributed by atoms with E-state index in [1.54, 1.807) is 31.2 Å². The number of carbonyl (C=O) groups is 2. The number of hydrogen-bond acceptors (Lipinski definition) is 7. The van der Waals surface area contributed by atoms with Crippen LogP contribution < -0.4 is 0 Å². The lowest BCUT2D eigenvalue weighted by atomic mass is 9.95. The van der Waals surface area contributed by atoms with Crippen LogP contribution in [0.1, 0.15) is 63.4 Å². The number of hydrogen-bond donors (Lipinski definition) is 0. The quantitative estimate of drug-likeness (QED) is 0.489. The summed E-state index contributed by atoms with van der Waals surface area (Å²) >= 11 is 0. The van der Waals surface area contributed by atoms with Crippen molar-refractivity contribution in [3.8, 4) is 0 Å². The van der Waals surface area contributed by atoms with Crippen LogP contribution in [0.25, 0.3) is 0 Å². The Hall–Kier alpha value is -2.52. The van der Waals surface area contributed by atoms with E-state index in [0.29, 0.717) is 16.9 Å². The Morgan fingerprint density at radius 3 is 2.57 bits per heavy atom. The molecule has 0 atom stereocenters. The van der Waals surface area contributed by atoms with Crippen molar-refractivity contribution >= 4 is 21.8 Å². The van der Waals surface area contributed by atoms with Crippen molar-refractivity contribution in [3.63, 3.8) is 0 Å². The lowest BCUT2D eigenvalue weighted by Gasteiger charge is -2.16. The predicted octanol–water partition coefficient (Wildman–Crippen LogP) is 2.35. The number of benzene rings is 1. The van der Waals surface area contributed by atoms with E-state index in [4.69, 9.17) is 9.26 Å². The molecule has 28 heavy (non-hydrogen) atoms. The number of ether oxygens (including phenoxy) is 1. The van der Waals surface area contributed by atoms with E-state index in [-0.39, 0.29) is 30.3 Å². The molecule has 2 aromatic rings. The van der Waals surface area contributed by atoms with Gasteiger partial charge in [-0.3, -0.25) is 4.79 Å². The third-order valence-electron chi connectivity index (χ3n) is 4.58. The molecule has 1 fully saturated rings. The zero-order valence-electron chi connectivity index (χ0n) is 16.0. The van der Waals surface area contributed by atoms with Gasteiger partial charge in [0.05, 0.1) is 12.9 Å². The van der Waals surface area contributed by atoms with Crippen LogP contribution in [0.15, 0.2) is 28.8 Å². The average molecular weight is 406 g/mol. The number of esters is 1. The predicted molar refractivity (Wildman–Crippen MR) is 101 cm³/mol. The first-order chi connectivity index (χ1) is 13.2. The monoisotopic (exact) mass is 406 g/mol. The van der Waals surface area contributed by atoms with E-state index < -0.39 is 21.8 Å². The number of sulfonamides is 1. The van der Waals surface area contributed by atoms with Crippen molar-refractivity contribution in [3.05, 3.63) is 52.4 Å². The van der Waals surface area contributed by atoms with Gasteiger partial charge in [-0.15, -0.1) is 0 Å². The van der Waals surface area contributed by atoms with Crippen molar-refractivity contribution in [2.45, 2.75) is 32.2 Å². The van der Waals surface area contributed by atoms with Crippen LogP contribution in [0.5, 0.6) is 0 Å². The Kier molecular flexibility index (Phi) is 5.66. The van der Waals surface area contributed by atoms with E-state index in [1.807, 2.05) is 0 Å². The Labute approximate surface area is 163 Å². The Morgan fingerprint density at radius 1 is 1.29 bits per heavy atom. The summed E-state index contributed by atoms with van der Waals surface area (Å²) in [5.41, 5.74) is 0.794. The molecule has 1 aromatic carbocycles. The smallest absolute Gasteiger partial charge is 0.361 e. The summed E-state index contributed by atoms with van der Waals surface area (Å²) in [7, 11) is -1.98. The standard InChI is InChI=1S/C19H22N2O6S/c1-4-26-19(23)16-15(18(27-20-16)12-9-10-12)17(22)14-8-6-5-7-13(14)11-21(2)28(3,24)25/h5-8,12H,4,9-11H2,1-3H3. The number of ketones is 1. The highest BCUT2D eigenvalue weighted by Gasteiger charge is 2.38. The lowest BCUT2D eigenvalue weighted by Crippen LogP contribution is -2.26. The van der Waals surface area contributed by atoms with Gasteiger partial charge in [-0.25, -0.2) is 17.5 Å². The molecule has 0 bridgehead atoms. The molecule has 1 heterocycles. The molecule has 0 N–H and O–H groups in total. The topological polar surface area (TPSA) is 107 Å². The molecular formula is C19H22N2O6S. The van der Waals surface area contributed by atoms with Crippen LogP contribution in [-0.2, 0) is 21.3 Å². The van der Waals surface area contributed by atoms with E-state index in [0.717, 1.165) is 23.4 Å². The van der Waals surface area contributed by atoms with Gasteiger partial charge in [0.25, 0.3) is 0 Å². The van der Waals surface area contributed by atoms with Crippen LogP contribution in [0.2, 0.25) is 0 Å². The summed E-state index contributed by atoms with van der Waals surface area (Å²) in [4.78, 5) is 25.6. The highest BCUT2D eigenvalue weighted by molar-refractivity contribution is 7.88.